The van der Waals surface area contributed by atoms with Crippen LogP contribution < -0.4 is 17.0 Å². The van der Waals surface area contributed by atoms with E-state index in [1.165, 1.54) is 23.0 Å². The van der Waals surface area contributed by atoms with Crippen molar-refractivity contribution < 1.29 is 0 Å². The van der Waals surface area contributed by atoms with E-state index in [9.17, 15) is 9.59 Å². The second-order valence-electron chi connectivity index (χ2n) is 3.34. The van der Waals surface area contributed by atoms with Crippen molar-refractivity contribution in [2.75, 3.05) is 5.73 Å². The van der Waals surface area contributed by atoms with Crippen molar-refractivity contribution >= 4 is 5.69 Å². The van der Waals surface area contributed by atoms with Crippen LogP contribution in [-0.2, 0) is 13.1 Å². The molecule has 0 aromatic carbocycles. The summed E-state index contributed by atoms with van der Waals surface area (Å²) in [6.45, 7) is 0.944. The molecule has 7 nitrogen and oxygen atoms in total. The van der Waals surface area contributed by atoms with Crippen LogP contribution in [-0.4, -0.2) is 19.3 Å². The number of aromatic nitrogens is 4. The van der Waals surface area contributed by atoms with Gasteiger partial charge in [-0.3, -0.25) is 19.0 Å². The first-order valence-electron chi connectivity index (χ1n) is 4.73. The molecule has 2 aromatic rings. The van der Waals surface area contributed by atoms with E-state index in [1.54, 1.807) is 10.9 Å². The van der Waals surface area contributed by atoms with E-state index < -0.39 is 11.2 Å². The van der Waals surface area contributed by atoms with E-state index in [1.807, 2.05) is 0 Å². The number of nitrogens with zero attached hydrogens (tertiary/aromatic N) is 3. The number of anilines is 1. The summed E-state index contributed by atoms with van der Waals surface area (Å²) in [4.78, 5) is 24.3. The van der Waals surface area contributed by atoms with Gasteiger partial charge in [0.1, 0.15) is 0 Å². The molecule has 84 valence electrons. The monoisotopic (exact) mass is 221 g/mol. The summed E-state index contributed by atoms with van der Waals surface area (Å²) in [6, 6.07) is 1.30. The zero-order chi connectivity index (χ0) is 11.5. The van der Waals surface area contributed by atoms with Gasteiger partial charge >= 0.3 is 5.69 Å². The predicted octanol–water partition coefficient (Wildman–Crippen LogP) is -0.985. The van der Waals surface area contributed by atoms with Crippen LogP contribution in [0, 0.1) is 0 Å². The van der Waals surface area contributed by atoms with Gasteiger partial charge < -0.3 is 5.73 Å². The molecule has 0 fully saturated rings. The highest BCUT2D eigenvalue weighted by molar-refractivity contribution is 5.30. The first kappa shape index (κ1) is 10.2. The lowest BCUT2D eigenvalue weighted by Crippen LogP contribution is -2.29. The maximum atomic E-state index is 11.3. The van der Waals surface area contributed by atoms with E-state index in [-0.39, 0.29) is 0 Å². The molecule has 0 aliphatic rings. The lowest BCUT2D eigenvalue weighted by atomic mass is 10.5. The van der Waals surface area contributed by atoms with Gasteiger partial charge in [0.15, 0.2) is 0 Å². The van der Waals surface area contributed by atoms with Crippen molar-refractivity contribution in [3.05, 3.63) is 45.5 Å². The van der Waals surface area contributed by atoms with Crippen LogP contribution in [0.1, 0.15) is 0 Å². The van der Waals surface area contributed by atoms with Crippen molar-refractivity contribution in [3.63, 3.8) is 0 Å². The molecule has 3 N–H and O–H groups in total. The lowest BCUT2D eigenvalue weighted by Gasteiger charge is -2.03. The molecule has 2 aromatic heterocycles. The van der Waals surface area contributed by atoms with Crippen LogP contribution in [0.2, 0.25) is 0 Å². The fraction of sp³-hybridized carbons (Fsp3) is 0.222. The van der Waals surface area contributed by atoms with E-state index in [0.29, 0.717) is 18.8 Å². The number of nitrogens with one attached hydrogen (secondary N) is 1. The Kier molecular flexibility index (Phi) is 2.59. The molecule has 0 saturated heterocycles. The normalized spacial score (nSPS) is 10.5. The van der Waals surface area contributed by atoms with Gasteiger partial charge in [-0.05, 0) is 0 Å². The molecular formula is C9H11N5O2. The fourth-order valence-electron chi connectivity index (χ4n) is 1.33. The summed E-state index contributed by atoms with van der Waals surface area (Å²) in [5.41, 5.74) is 5.25. The number of aryl methyl sites for hydroxylation is 2. The summed E-state index contributed by atoms with van der Waals surface area (Å²) in [7, 11) is 0. The second kappa shape index (κ2) is 4.05. The lowest BCUT2D eigenvalue weighted by molar-refractivity contribution is 0.516. The number of nitrogen functional groups attached to an aromatic ring is 1. The van der Waals surface area contributed by atoms with Crippen molar-refractivity contribution in [1.82, 2.24) is 19.3 Å². The van der Waals surface area contributed by atoms with Crippen molar-refractivity contribution in [1.29, 1.82) is 0 Å². The number of hydrogen-bond donors (Lipinski definition) is 2. The van der Waals surface area contributed by atoms with Gasteiger partial charge in [-0.1, -0.05) is 0 Å². The highest BCUT2D eigenvalue weighted by atomic mass is 16.2. The Morgan fingerprint density at radius 1 is 1.38 bits per heavy atom. The summed E-state index contributed by atoms with van der Waals surface area (Å²) < 4.78 is 3.03. The number of rotatable bonds is 3. The molecule has 0 amide bonds. The molecule has 0 bridgehead atoms. The minimum Gasteiger partial charge on any atom is -0.396 e. The number of aromatic amines is 1. The Labute approximate surface area is 90.1 Å². The minimum atomic E-state index is -0.423. The van der Waals surface area contributed by atoms with Crippen LogP contribution in [0.25, 0.3) is 0 Å². The van der Waals surface area contributed by atoms with Crippen LogP contribution >= 0.6 is 0 Å². The van der Waals surface area contributed by atoms with E-state index in [4.69, 9.17) is 5.73 Å². The molecule has 0 atom stereocenters. The van der Waals surface area contributed by atoms with Gasteiger partial charge in [-0.15, -0.1) is 0 Å². The Balaban J connectivity index is 2.10. The summed E-state index contributed by atoms with van der Waals surface area (Å²) in [5.74, 6) is 0. The Morgan fingerprint density at radius 2 is 2.19 bits per heavy atom. The molecule has 16 heavy (non-hydrogen) atoms. The summed E-state index contributed by atoms with van der Waals surface area (Å²) in [5, 5.41) is 3.98. The van der Waals surface area contributed by atoms with Crippen LogP contribution in [0.3, 0.4) is 0 Å². The quantitative estimate of drug-likeness (QED) is 0.695. The number of H-pyrrole nitrogens is 1. The first-order chi connectivity index (χ1) is 7.65. The predicted molar refractivity (Wildman–Crippen MR) is 58.0 cm³/mol. The molecule has 0 radical (unpaired) electrons. The Morgan fingerprint density at radius 3 is 2.81 bits per heavy atom. The molecular weight excluding hydrogens is 210 g/mol. The highest BCUT2D eigenvalue weighted by Crippen LogP contribution is 1.97. The number of nitrogens with two attached hydrogens (primary N) is 1. The maximum absolute atomic E-state index is 11.3. The molecule has 0 saturated carbocycles. The second-order valence-corrected chi connectivity index (χ2v) is 3.34. The highest BCUT2D eigenvalue weighted by Gasteiger charge is 1.98. The van der Waals surface area contributed by atoms with Crippen molar-refractivity contribution in [2.24, 2.45) is 0 Å². The van der Waals surface area contributed by atoms with Gasteiger partial charge in [-0.25, -0.2) is 4.79 Å². The fourth-order valence-corrected chi connectivity index (χ4v) is 1.33. The van der Waals surface area contributed by atoms with Gasteiger partial charge in [0.25, 0.3) is 5.56 Å². The van der Waals surface area contributed by atoms with Crippen LogP contribution in [0.4, 0.5) is 5.69 Å². The molecule has 0 spiro atoms. The van der Waals surface area contributed by atoms with Crippen molar-refractivity contribution in [3.8, 4) is 0 Å². The average Bonchev–Trinajstić information content (AvgIpc) is 2.63. The maximum Gasteiger partial charge on any atom is 0.328 e. The summed E-state index contributed by atoms with van der Waals surface area (Å²) in [6.07, 6.45) is 4.67. The molecule has 0 aliphatic heterocycles. The van der Waals surface area contributed by atoms with Gasteiger partial charge in [0.05, 0.1) is 18.4 Å². The molecule has 2 rings (SSSR count). The van der Waals surface area contributed by atoms with Crippen LogP contribution in [0.15, 0.2) is 34.2 Å². The third-order valence-corrected chi connectivity index (χ3v) is 2.12. The van der Waals surface area contributed by atoms with E-state index in [0.717, 1.165) is 0 Å². The SMILES string of the molecule is Nc1cnn(CCn2ccc(=O)[nH]c2=O)c1. The topological polar surface area (TPSA) is 98.7 Å². The van der Waals surface area contributed by atoms with E-state index >= 15 is 0 Å². The molecule has 0 aliphatic carbocycles. The van der Waals surface area contributed by atoms with Crippen LogP contribution in [0.5, 0.6) is 0 Å². The minimum absolute atomic E-state index is 0.399. The summed E-state index contributed by atoms with van der Waals surface area (Å²) >= 11 is 0. The smallest absolute Gasteiger partial charge is 0.328 e. The molecule has 0 unspecified atom stereocenters. The Bertz CT molecular complexity index is 594. The molecule has 7 heteroatoms. The largest absolute Gasteiger partial charge is 0.396 e. The number of hydrogen-bond acceptors (Lipinski definition) is 4. The van der Waals surface area contributed by atoms with Gasteiger partial charge in [0.2, 0.25) is 0 Å². The average molecular weight is 221 g/mol. The first-order valence-corrected chi connectivity index (χ1v) is 4.73. The standard InChI is InChI=1S/C9H11N5O2/c10-7-5-11-14(6-7)4-3-13-2-1-8(15)12-9(13)16/h1-2,5-6H,3-4,10H2,(H,12,15,16). The van der Waals surface area contributed by atoms with Gasteiger partial charge in [-0.2, -0.15) is 5.10 Å². The zero-order valence-electron chi connectivity index (χ0n) is 8.46. The third kappa shape index (κ3) is 2.19. The zero-order valence-corrected chi connectivity index (χ0v) is 8.46. The molecule has 2 heterocycles. The Hall–Kier alpha value is -2.31. The van der Waals surface area contributed by atoms with E-state index in [2.05, 4.69) is 10.1 Å². The van der Waals surface area contributed by atoms with Crippen molar-refractivity contribution in [2.45, 2.75) is 13.1 Å². The van der Waals surface area contributed by atoms with Gasteiger partial charge in [0, 0.05) is 25.0 Å². The third-order valence-electron chi connectivity index (χ3n) is 2.12.